The van der Waals surface area contributed by atoms with E-state index >= 15 is 0 Å². The van der Waals surface area contributed by atoms with E-state index in [4.69, 9.17) is 5.73 Å². The molecule has 0 heterocycles. The van der Waals surface area contributed by atoms with Gasteiger partial charge in [-0.2, -0.15) is 13.2 Å². The van der Waals surface area contributed by atoms with E-state index in [2.05, 4.69) is 0 Å². The number of alkyl halides is 3. The molecule has 1 nitrogen and oxygen atoms in total. The van der Waals surface area contributed by atoms with Crippen LogP contribution >= 0.6 is 0 Å². The third-order valence-electron chi connectivity index (χ3n) is 3.01. The topological polar surface area (TPSA) is 26.0 Å². The molecule has 0 aliphatic rings. The highest BCUT2D eigenvalue weighted by molar-refractivity contribution is 5.28. The Morgan fingerprint density at radius 1 is 1.00 bits per heavy atom. The highest BCUT2D eigenvalue weighted by Crippen LogP contribution is 2.30. The molecule has 2 aromatic rings. The molecule has 2 N–H and O–H groups in total. The molecule has 2 aromatic carbocycles. The molecule has 0 amide bonds. The largest absolute Gasteiger partial charge is 0.416 e. The summed E-state index contributed by atoms with van der Waals surface area (Å²) < 4.78 is 50.4. The van der Waals surface area contributed by atoms with E-state index in [9.17, 15) is 17.6 Å². The molecule has 0 spiro atoms. The molecular weight excluding hydrogens is 270 g/mol. The second-order valence-corrected chi connectivity index (χ2v) is 4.56. The van der Waals surface area contributed by atoms with Crippen molar-refractivity contribution in [3.63, 3.8) is 0 Å². The van der Waals surface area contributed by atoms with Gasteiger partial charge in [-0.25, -0.2) is 4.39 Å². The third-order valence-corrected chi connectivity index (χ3v) is 3.01. The third kappa shape index (κ3) is 3.57. The zero-order chi connectivity index (χ0) is 14.8. The maximum absolute atomic E-state index is 13.0. The van der Waals surface area contributed by atoms with Gasteiger partial charge in [0.05, 0.1) is 5.56 Å². The average molecular weight is 283 g/mol. The Morgan fingerprint density at radius 3 is 2.20 bits per heavy atom. The molecule has 0 aliphatic carbocycles. The average Bonchev–Trinajstić information content (AvgIpc) is 2.38. The van der Waals surface area contributed by atoms with Gasteiger partial charge in [-0.05, 0) is 41.8 Å². The van der Waals surface area contributed by atoms with Crippen molar-refractivity contribution in [2.45, 2.75) is 18.6 Å². The lowest BCUT2D eigenvalue weighted by Gasteiger charge is -2.14. The molecule has 1 unspecified atom stereocenters. The predicted molar refractivity (Wildman–Crippen MR) is 68.5 cm³/mol. The first kappa shape index (κ1) is 14.5. The van der Waals surface area contributed by atoms with E-state index in [1.54, 1.807) is 12.1 Å². The minimum atomic E-state index is -4.36. The van der Waals surface area contributed by atoms with Crippen molar-refractivity contribution < 1.29 is 17.6 Å². The summed E-state index contributed by atoms with van der Waals surface area (Å²) in [5.41, 5.74) is 6.51. The van der Waals surface area contributed by atoms with Gasteiger partial charge in [-0.15, -0.1) is 0 Å². The quantitative estimate of drug-likeness (QED) is 0.844. The molecule has 2 rings (SSSR count). The van der Waals surface area contributed by atoms with Crippen LogP contribution in [0.25, 0.3) is 0 Å². The van der Waals surface area contributed by atoms with Gasteiger partial charge >= 0.3 is 6.18 Å². The molecule has 106 valence electrons. The van der Waals surface area contributed by atoms with Crippen molar-refractivity contribution in [1.82, 2.24) is 0 Å². The van der Waals surface area contributed by atoms with Crippen molar-refractivity contribution in [2.24, 2.45) is 5.73 Å². The number of nitrogens with two attached hydrogens (primary N) is 1. The number of benzene rings is 2. The molecule has 0 radical (unpaired) electrons. The maximum Gasteiger partial charge on any atom is 0.416 e. The maximum atomic E-state index is 13.0. The van der Waals surface area contributed by atoms with Crippen LogP contribution in [-0.2, 0) is 12.6 Å². The Labute approximate surface area is 114 Å². The van der Waals surface area contributed by atoms with Crippen LogP contribution in [0.5, 0.6) is 0 Å². The zero-order valence-corrected chi connectivity index (χ0v) is 10.5. The lowest BCUT2D eigenvalue weighted by molar-refractivity contribution is -0.137. The Morgan fingerprint density at radius 2 is 1.65 bits per heavy atom. The summed E-state index contributed by atoms with van der Waals surface area (Å²) in [7, 11) is 0. The van der Waals surface area contributed by atoms with E-state index in [0.717, 1.165) is 12.1 Å². The smallest absolute Gasteiger partial charge is 0.324 e. The molecule has 0 aliphatic heterocycles. The Kier molecular flexibility index (Phi) is 4.09. The van der Waals surface area contributed by atoms with Crippen LogP contribution in [0.2, 0.25) is 0 Å². The predicted octanol–water partition coefficient (Wildman–Crippen LogP) is 4.09. The van der Waals surface area contributed by atoms with Gasteiger partial charge in [0.2, 0.25) is 0 Å². The summed E-state index contributed by atoms with van der Waals surface area (Å²) in [6, 6.07) is 10.2. The minimum Gasteiger partial charge on any atom is -0.324 e. The molecule has 5 heteroatoms. The number of rotatable bonds is 3. The fraction of sp³-hybridized carbons (Fsp3) is 0.200. The van der Waals surface area contributed by atoms with Crippen molar-refractivity contribution >= 4 is 0 Å². The van der Waals surface area contributed by atoms with Crippen LogP contribution in [0.3, 0.4) is 0 Å². The van der Waals surface area contributed by atoms with Crippen LogP contribution < -0.4 is 5.73 Å². The Hall–Kier alpha value is -1.88. The summed E-state index contributed by atoms with van der Waals surface area (Å²) in [4.78, 5) is 0. The lowest BCUT2D eigenvalue weighted by atomic mass is 9.98. The lowest BCUT2D eigenvalue weighted by Crippen LogP contribution is -2.14. The van der Waals surface area contributed by atoms with Gasteiger partial charge < -0.3 is 5.73 Å². The van der Waals surface area contributed by atoms with E-state index in [1.807, 2.05) is 0 Å². The summed E-state index contributed by atoms with van der Waals surface area (Å²) in [6.45, 7) is 0. The number of hydrogen-bond donors (Lipinski definition) is 1. The molecule has 0 saturated carbocycles. The Bertz CT molecular complexity index is 575. The fourth-order valence-corrected chi connectivity index (χ4v) is 1.96. The first-order valence-electron chi connectivity index (χ1n) is 6.03. The second kappa shape index (κ2) is 5.63. The first-order valence-corrected chi connectivity index (χ1v) is 6.03. The zero-order valence-electron chi connectivity index (χ0n) is 10.5. The molecule has 1 atom stereocenters. The van der Waals surface area contributed by atoms with Crippen LogP contribution in [0.1, 0.15) is 22.7 Å². The fourth-order valence-electron chi connectivity index (χ4n) is 1.96. The van der Waals surface area contributed by atoms with E-state index < -0.39 is 17.8 Å². The Balaban J connectivity index is 2.11. The van der Waals surface area contributed by atoms with Crippen LogP contribution in [-0.4, -0.2) is 0 Å². The van der Waals surface area contributed by atoms with E-state index in [1.165, 1.54) is 24.3 Å². The van der Waals surface area contributed by atoms with Gasteiger partial charge in [-0.3, -0.25) is 0 Å². The number of hydrogen-bond acceptors (Lipinski definition) is 1. The normalized spacial score (nSPS) is 13.2. The summed E-state index contributed by atoms with van der Waals surface area (Å²) in [5.74, 6) is -0.359. The standard InChI is InChI=1S/C15H13F4N/c16-13-3-1-2-10(8-13)9-14(20)11-4-6-12(7-5-11)15(17,18)19/h1-8,14H,9,20H2. The monoisotopic (exact) mass is 283 g/mol. The van der Waals surface area contributed by atoms with Gasteiger partial charge in [0.15, 0.2) is 0 Å². The minimum absolute atomic E-state index is 0.359. The van der Waals surface area contributed by atoms with Gasteiger partial charge in [0, 0.05) is 6.04 Å². The highest BCUT2D eigenvalue weighted by Gasteiger charge is 2.30. The number of halogens is 4. The van der Waals surface area contributed by atoms with Crippen LogP contribution in [0.4, 0.5) is 17.6 Å². The van der Waals surface area contributed by atoms with Crippen molar-refractivity contribution in [2.75, 3.05) is 0 Å². The van der Waals surface area contributed by atoms with Crippen molar-refractivity contribution in [1.29, 1.82) is 0 Å². The summed E-state index contributed by atoms with van der Waals surface area (Å²) in [6.07, 6.45) is -3.99. The SMILES string of the molecule is NC(Cc1cccc(F)c1)c1ccc(C(F)(F)F)cc1. The molecule has 0 fully saturated rings. The highest BCUT2D eigenvalue weighted by atomic mass is 19.4. The van der Waals surface area contributed by atoms with Gasteiger partial charge in [-0.1, -0.05) is 24.3 Å². The molecule has 20 heavy (non-hydrogen) atoms. The van der Waals surface area contributed by atoms with Crippen LogP contribution in [0, 0.1) is 5.82 Å². The van der Waals surface area contributed by atoms with E-state index in [0.29, 0.717) is 17.5 Å². The summed E-state index contributed by atoms with van der Waals surface area (Å²) >= 11 is 0. The first-order chi connectivity index (χ1) is 9.36. The van der Waals surface area contributed by atoms with Crippen molar-refractivity contribution in [3.05, 3.63) is 71.0 Å². The van der Waals surface area contributed by atoms with Gasteiger partial charge in [0.25, 0.3) is 0 Å². The molecule has 0 saturated heterocycles. The van der Waals surface area contributed by atoms with Gasteiger partial charge in [0.1, 0.15) is 5.82 Å². The second-order valence-electron chi connectivity index (χ2n) is 4.56. The molecule has 0 aromatic heterocycles. The molecule has 0 bridgehead atoms. The summed E-state index contributed by atoms with van der Waals surface area (Å²) in [5, 5.41) is 0. The van der Waals surface area contributed by atoms with E-state index in [-0.39, 0.29) is 5.82 Å². The van der Waals surface area contributed by atoms with Crippen molar-refractivity contribution in [3.8, 4) is 0 Å². The van der Waals surface area contributed by atoms with Crippen LogP contribution in [0.15, 0.2) is 48.5 Å². The molecular formula is C15H13F4N.